The Kier molecular flexibility index (Phi) is 6.28. The number of amides is 2. The number of benzene rings is 2. The molecule has 0 saturated carbocycles. The number of aromatic nitrogens is 1. The molecule has 3 heterocycles. The van der Waals surface area contributed by atoms with Gasteiger partial charge in [-0.25, -0.2) is 0 Å². The maximum atomic E-state index is 13.2. The third-order valence-electron chi connectivity index (χ3n) is 6.87. The Labute approximate surface area is 200 Å². The molecule has 1 fully saturated rings. The fourth-order valence-corrected chi connectivity index (χ4v) is 4.97. The van der Waals surface area contributed by atoms with E-state index in [1.54, 1.807) is 4.90 Å². The monoisotopic (exact) mass is 460 g/mol. The molecular weight excluding hydrogens is 428 g/mol. The van der Waals surface area contributed by atoms with Crippen molar-refractivity contribution in [3.63, 3.8) is 0 Å². The van der Waals surface area contributed by atoms with Crippen LogP contribution in [-0.4, -0.2) is 64.5 Å². The third-order valence-corrected chi connectivity index (χ3v) is 6.87. The number of anilines is 1. The van der Waals surface area contributed by atoms with Crippen LogP contribution in [0.2, 0.25) is 0 Å². The summed E-state index contributed by atoms with van der Waals surface area (Å²) in [6.45, 7) is 7.81. The number of carbonyl (C=O) groups is 2. The summed E-state index contributed by atoms with van der Waals surface area (Å²) in [5.74, 6) is 0.544. The van der Waals surface area contributed by atoms with Crippen LogP contribution >= 0.6 is 0 Å². The smallest absolute Gasteiger partial charge is 0.271 e. The van der Waals surface area contributed by atoms with Crippen LogP contribution in [0.3, 0.4) is 0 Å². The Hall–Kier alpha value is -3.32. The number of rotatable bonds is 6. The summed E-state index contributed by atoms with van der Waals surface area (Å²) in [5.41, 5.74) is 2.38. The van der Waals surface area contributed by atoms with Crippen LogP contribution in [0.15, 0.2) is 54.6 Å². The summed E-state index contributed by atoms with van der Waals surface area (Å²) in [6, 6.07) is 17.9. The fourth-order valence-electron chi connectivity index (χ4n) is 4.97. The number of piperidine rings is 1. The van der Waals surface area contributed by atoms with Gasteiger partial charge in [0.15, 0.2) is 0 Å². The average molecular weight is 461 g/mol. The van der Waals surface area contributed by atoms with Crippen molar-refractivity contribution in [3.05, 3.63) is 60.3 Å². The molecule has 0 radical (unpaired) electrons. The molecule has 0 atom stereocenters. The molecule has 2 aliphatic heterocycles. The second kappa shape index (κ2) is 9.50. The predicted molar refractivity (Wildman–Crippen MR) is 133 cm³/mol. The van der Waals surface area contributed by atoms with Crippen LogP contribution in [0.4, 0.5) is 5.69 Å². The van der Waals surface area contributed by atoms with Gasteiger partial charge in [-0.05, 0) is 63.1 Å². The van der Waals surface area contributed by atoms with E-state index in [0.717, 1.165) is 48.3 Å². The van der Waals surface area contributed by atoms with Crippen LogP contribution < -0.4 is 10.1 Å². The van der Waals surface area contributed by atoms with Gasteiger partial charge in [-0.2, -0.15) is 0 Å². The summed E-state index contributed by atoms with van der Waals surface area (Å²) < 4.78 is 8.35. The Morgan fingerprint density at radius 3 is 2.53 bits per heavy atom. The Balaban J connectivity index is 1.25. The van der Waals surface area contributed by atoms with Gasteiger partial charge in [-0.1, -0.05) is 18.2 Å². The minimum atomic E-state index is -0.191. The van der Waals surface area contributed by atoms with Crippen molar-refractivity contribution in [1.29, 1.82) is 0 Å². The number of para-hydroxylation sites is 1. The van der Waals surface area contributed by atoms with E-state index in [1.807, 2.05) is 59.2 Å². The van der Waals surface area contributed by atoms with Gasteiger partial charge in [0.1, 0.15) is 24.1 Å². The maximum absolute atomic E-state index is 13.2. The number of hydrogen-bond donors (Lipinski definition) is 1. The third kappa shape index (κ3) is 4.66. The van der Waals surface area contributed by atoms with E-state index in [9.17, 15) is 9.59 Å². The number of carbonyl (C=O) groups excluding carboxylic acids is 2. The van der Waals surface area contributed by atoms with Gasteiger partial charge in [-0.3, -0.25) is 9.59 Å². The molecule has 2 aromatic carbocycles. The topological polar surface area (TPSA) is 66.8 Å². The molecule has 1 N–H and O–H groups in total. The van der Waals surface area contributed by atoms with Crippen LogP contribution in [-0.2, 0) is 11.3 Å². The first kappa shape index (κ1) is 22.5. The minimum absolute atomic E-state index is 0.0404. The van der Waals surface area contributed by atoms with Crippen LogP contribution in [0.5, 0.6) is 5.75 Å². The van der Waals surface area contributed by atoms with Crippen molar-refractivity contribution < 1.29 is 14.3 Å². The lowest BCUT2D eigenvalue weighted by Crippen LogP contribution is -2.44. The molecule has 1 saturated heterocycles. The van der Waals surface area contributed by atoms with E-state index in [0.29, 0.717) is 24.8 Å². The van der Waals surface area contributed by atoms with Gasteiger partial charge in [0, 0.05) is 48.8 Å². The quantitative estimate of drug-likeness (QED) is 0.604. The van der Waals surface area contributed by atoms with Crippen LogP contribution in [0.25, 0.3) is 10.9 Å². The van der Waals surface area contributed by atoms with Crippen molar-refractivity contribution in [2.45, 2.75) is 45.4 Å². The molecular formula is C27H32N4O3. The Bertz CT molecular complexity index is 1180. The first-order chi connectivity index (χ1) is 16.5. The lowest BCUT2D eigenvalue weighted by Gasteiger charge is -2.34. The number of ether oxygens (including phenoxy) is 1. The second-order valence-electron chi connectivity index (χ2n) is 9.49. The normalized spacial score (nSPS) is 17.3. The summed E-state index contributed by atoms with van der Waals surface area (Å²) in [7, 11) is 0. The van der Waals surface area contributed by atoms with Crippen molar-refractivity contribution in [2.24, 2.45) is 0 Å². The number of hydrogen-bond acceptors (Lipinski definition) is 4. The zero-order valence-corrected chi connectivity index (χ0v) is 19.9. The summed E-state index contributed by atoms with van der Waals surface area (Å²) in [4.78, 5) is 29.7. The second-order valence-corrected chi connectivity index (χ2v) is 9.49. The average Bonchev–Trinajstić information content (AvgIpc) is 3.20. The highest BCUT2D eigenvalue weighted by molar-refractivity contribution is 6.02. The molecule has 5 rings (SSSR count). The number of fused-ring (bicyclic) bond motifs is 3. The minimum Gasteiger partial charge on any atom is -0.490 e. The molecule has 34 heavy (non-hydrogen) atoms. The first-order valence-corrected chi connectivity index (χ1v) is 12.2. The van der Waals surface area contributed by atoms with Crippen LogP contribution in [0.1, 0.15) is 37.2 Å². The molecule has 0 spiro atoms. The fraction of sp³-hybridized carbons (Fsp3) is 0.407. The standard InChI is InChI=1S/C27H32N4O3/c1-19(2)29-12-10-22(11-13-29)34-23-8-9-24-20(16-23)17-25-27(33)30(14-15-31(24)25)18-26(32)28-21-6-4-3-5-7-21/h3-9,16-17,19,22H,10-15,18H2,1-2H3,(H,28,32). The van der Waals surface area contributed by atoms with Crippen LogP contribution in [0, 0.1) is 0 Å². The highest BCUT2D eigenvalue weighted by Crippen LogP contribution is 2.29. The van der Waals surface area contributed by atoms with E-state index in [4.69, 9.17) is 4.74 Å². The summed E-state index contributed by atoms with van der Waals surface area (Å²) in [5, 5.41) is 3.85. The molecule has 7 heteroatoms. The molecule has 7 nitrogen and oxygen atoms in total. The zero-order chi connectivity index (χ0) is 23.7. The summed E-state index contributed by atoms with van der Waals surface area (Å²) >= 11 is 0. The van der Waals surface area contributed by atoms with E-state index < -0.39 is 0 Å². The van der Waals surface area contributed by atoms with Crippen molar-refractivity contribution in [3.8, 4) is 5.75 Å². The van der Waals surface area contributed by atoms with Gasteiger partial charge in [0.2, 0.25) is 5.91 Å². The number of nitrogens with one attached hydrogen (secondary N) is 1. The molecule has 3 aromatic rings. The van der Waals surface area contributed by atoms with Crippen molar-refractivity contribution in [1.82, 2.24) is 14.4 Å². The molecule has 2 amide bonds. The molecule has 0 bridgehead atoms. The predicted octanol–water partition coefficient (Wildman–Crippen LogP) is 3.99. The highest BCUT2D eigenvalue weighted by Gasteiger charge is 2.28. The lowest BCUT2D eigenvalue weighted by atomic mass is 10.1. The van der Waals surface area contributed by atoms with E-state index in [1.165, 1.54) is 0 Å². The lowest BCUT2D eigenvalue weighted by molar-refractivity contribution is -0.117. The van der Waals surface area contributed by atoms with Crippen molar-refractivity contribution in [2.75, 3.05) is 31.5 Å². The Morgan fingerprint density at radius 2 is 1.79 bits per heavy atom. The van der Waals surface area contributed by atoms with E-state index in [2.05, 4.69) is 24.1 Å². The highest BCUT2D eigenvalue weighted by atomic mass is 16.5. The summed E-state index contributed by atoms with van der Waals surface area (Å²) in [6.07, 6.45) is 2.28. The van der Waals surface area contributed by atoms with E-state index >= 15 is 0 Å². The van der Waals surface area contributed by atoms with E-state index in [-0.39, 0.29) is 24.5 Å². The number of likely N-dealkylation sites (tertiary alicyclic amines) is 1. The molecule has 0 aliphatic carbocycles. The Morgan fingerprint density at radius 1 is 1.03 bits per heavy atom. The van der Waals surface area contributed by atoms with Gasteiger partial charge >= 0.3 is 0 Å². The molecule has 1 aromatic heterocycles. The molecule has 2 aliphatic rings. The van der Waals surface area contributed by atoms with Crippen molar-refractivity contribution >= 4 is 28.4 Å². The van der Waals surface area contributed by atoms with Gasteiger partial charge in [-0.15, -0.1) is 0 Å². The molecule has 0 unspecified atom stereocenters. The molecule has 178 valence electrons. The number of nitrogens with zero attached hydrogens (tertiary/aromatic N) is 3. The maximum Gasteiger partial charge on any atom is 0.271 e. The van der Waals surface area contributed by atoms with Gasteiger partial charge in [0.25, 0.3) is 5.91 Å². The van der Waals surface area contributed by atoms with Gasteiger partial charge < -0.3 is 24.4 Å². The van der Waals surface area contributed by atoms with Gasteiger partial charge in [0.05, 0.1) is 0 Å². The zero-order valence-electron chi connectivity index (χ0n) is 19.9. The SMILES string of the molecule is CC(C)N1CCC(Oc2ccc3c(c2)cc2n3CCN(CC(=O)Nc3ccccc3)C2=O)CC1. The first-order valence-electron chi connectivity index (χ1n) is 12.2. The largest absolute Gasteiger partial charge is 0.490 e.